The fraction of sp³-hybridized carbons (Fsp3) is 0.600. The molecule has 0 unspecified atom stereocenters. The van der Waals surface area contributed by atoms with Gasteiger partial charge in [0.1, 0.15) is 11.2 Å². The van der Waals surface area contributed by atoms with Gasteiger partial charge in [-0.15, -0.1) is 0 Å². The molecule has 0 atom stereocenters. The second-order valence-corrected chi connectivity index (χ2v) is 8.23. The highest BCUT2D eigenvalue weighted by Gasteiger charge is 2.24. The standard InChI is InChI=1S/C10H13N.C10H18O5/c1-8-2-3-10-7-11-5-4-9(10)6-8;1-9(2,3)14-7(11)13-8(12)15-10(4,5)6/h2-3,6,11H,4-5,7H2,1H3;1-6H3. The van der Waals surface area contributed by atoms with Crippen LogP contribution in [0.25, 0.3) is 0 Å². The van der Waals surface area contributed by atoms with Crippen molar-refractivity contribution in [2.24, 2.45) is 0 Å². The summed E-state index contributed by atoms with van der Waals surface area (Å²) < 4.78 is 13.8. The van der Waals surface area contributed by atoms with E-state index in [0.29, 0.717) is 0 Å². The minimum absolute atomic E-state index is 0.695. The van der Waals surface area contributed by atoms with E-state index in [1.165, 1.54) is 23.1 Å². The van der Waals surface area contributed by atoms with E-state index in [1.54, 1.807) is 41.5 Å². The van der Waals surface area contributed by atoms with Crippen LogP contribution in [0.15, 0.2) is 18.2 Å². The molecule has 0 radical (unpaired) electrons. The van der Waals surface area contributed by atoms with Crippen LogP contribution in [0.4, 0.5) is 9.59 Å². The highest BCUT2D eigenvalue weighted by molar-refractivity contribution is 5.77. The van der Waals surface area contributed by atoms with Gasteiger partial charge in [-0.25, -0.2) is 9.59 Å². The van der Waals surface area contributed by atoms with Crippen LogP contribution in [-0.4, -0.2) is 30.1 Å². The molecule has 0 spiro atoms. The molecule has 0 bridgehead atoms. The van der Waals surface area contributed by atoms with Gasteiger partial charge in [0.2, 0.25) is 0 Å². The largest absolute Gasteiger partial charge is 0.519 e. The minimum Gasteiger partial charge on any atom is -0.428 e. The van der Waals surface area contributed by atoms with Crippen LogP contribution in [0.1, 0.15) is 58.2 Å². The van der Waals surface area contributed by atoms with E-state index in [9.17, 15) is 9.59 Å². The topological polar surface area (TPSA) is 73.9 Å². The van der Waals surface area contributed by atoms with Gasteiger partial charge in [-0.2, -0.15) is 0 Å². The number of hydrogen-bond donors (Lipinski definition) is 1. The van der Waals surface area contributed by atoms with Gasteiger partial charge < -0.3 is 19.5 Å². The number of rotatable bonds is 0. The fourth-order valence-corrected chi connectivity index (χ4v) is 2.22. The Labute approximate surface area is 156 Å². The van der Waals surface area contributed by atoms with Crippen molar-refractivity contribution in [3.63, 3.8) is 0 Å². The normalized spacial score (nSPS) is 13.7. The Morgan fingerprint density at radius 2 is 1.46 bits per heavy atom. The summed E-state index contributed by atoms with van der Waals surface area (Å²) in [6, 6.07) is 6.72. The second kappa shape index (κ2) is 9.03. The number of ether oxygens (including phenoxy) is 3. The summed E-state index contributed by atoms with van der Waals surface area (Å²) >= 11 is 0. The molecule has 0 aliphatic carbocycles. The highest BCUT2D eigenvalue weighted by Crippen LogP contribution is 2.15. The van der Waals surface area contributed by atoms with Gasteiger partial charge in [0.25, 0.3) is 0 Å². The maximum Gasteiger partial charge on any atom is 0.519 e. The summed E-state index contributed by atoms with van der Waals surface area (Å²) in [6.45, 7) is 14.4. The Morgan fingerprint density at radius 1 is 0.923 bits per heavy atom. The van der Waals surface area contributed by atoms with Crippen LogP contribution in [0.3, 0.4) is 0 Å². The van der Waals surface area contributed by atoms with Gasteiger partial charge in [-0.3, -0.25) is 0 Å². The summed E-state index contributed by atoms with van der Waals surface area (Å²) in [5, 5.41) is 3.36. The third-order valence-electron chi connectivity index (χ3n) is 3.19. The quantitative estimate of drug-likeness (QED) is 0.538. The molecule has 0 fully saturated rings. The van der Waals surface area contributed by atoms with Crippen molar-refractivity contribution in [2.75, 3.05) is 6.54 Å². The predicted octanol–water partition coefficient (Wildman–Crippen LogP) is 4.51. The first-order valence-electron chi connectivity index (χ1n) is 8.79. The molecule has 1 aliphatic heterocycles. The van der Waals surface area contributed by atoms with Gasteiger partial charge >= 0.3 is 12.3 Å². The zero-order chi connectivity index (χ0) is 20.0. The van der Waals surface area contributed by atoms with Gasteiger partial charge in [-0.1, -0.05) is 23.8 Å². The third kappa shape index (κ3) is 9.42. The number of fused-ring (bicyclic) bond motifs is 1. The van der Waals surface area contributed by atoms with Gasteiger partial charge in [0.05, 0.1) is 0 Å². The molecular weight excluding hydrogens is 334 g/mol. The van der Waals surface area contributed by atoms with Gasteiger partial charge in [-0.05, 0) is 72.6 Å². The van der Waals surface area contributed by atoms with Gasteiger partial charge in [0.15, 0.2) is 0 Å². The fourth-order valence-electron chi connectivity index (χ4n) is 2.22. The SMILES string of the molecule is CC(C)(C)OC(=O)OC(=O)OC(C)(C)C.Cc1ccc2c(c1)CCNC2. The van der Waals surface area contributed by atoms with Crippen LogP contribution < -0.4 is 5.32 Å². The Balaban J connectivity index is 0.000000269. The average Bonchev–Trinajstić information content (AvgIpc) is 2.43. The number of aryl methyl sites for hydroxylation is 1. The van der Waals surface area contributed by atoms with Crippen molar-refractivity contribution in [1.29, 1.82) is 0 Å². The van der Waals surface area contributed by atoms with Crippen LogP contribution >= 0.6 is 0 Å². The van der Waals surface area contributed by atoms with E-state index in [2.05, 4.69) is 35.2 Å². The van der Waals surface area contributed by atoms with E-state index in [1.807, 2.05) is 0 Å². The minimum atomic E-state index is -1.06. The molecule has 26 heavy (non-hydrogen) atoms. The lowest BCUT2D eigenvalue weighted by Gasteiger charge is -2.20. The Hall–Kier alpha value is -2.08. The van der Waals surface area contributed by atoms with E-state index >= 15 is 0 Å². The number of hydrogen-bond acceptors (Lipinski definition) is 6. The Morgan fingerprint density at radius 3 is 1.96 bits per heavy atom. The molecule has 1 aromatic rings. The molecule has 0 amide bonds. The molecule has 1 heterocycles. The number of nitrogens with one attached hydrogen (secondary N) is 1. The summed E-state index contributed by atoms with van der Waals surface area (Å²) in [5.41, 5.74) is 2.99. The number of benzene rings is 1. The van der Waals surface area contributed by atoms with Crippen molar-refractivity contribution in [2.45, 2.75) is 72.6 Å². The molecule has 0 aromatic heterocycles. The molecule has 6 nitrogen and oxygen atoms in total. The monoisotopic (exact) mass is 365 g/mol. The van der Waals surface area contributed by atoms with Crippen LogP contribution in [-0.2, 0) is 27.2 Å². The molecule has 2 rings (SSSR count). The lowest BCUT2D eigenvalue weighted by atomic mass is 9.99. The maximum atomic E-state index is 11.0. The number of carbonyl (C=O) groups is 2. The summed E-state index contributed by atoms with van der Waals surface area (Å²) in [5.74, 6) is 0. The first-order valence-corrected chi connectivity index (χ1v) is 8.79. The van der Waals surface area contributed by atoms with Crippen molar-refractivity contribution < 1.29 is 23.8 Å². The van der Waals surface area contributed by atoms with E-state index in [-0.39, 0.29) is 0 Å². The smallest absolute Gasteiger partial charge is 0.428 e. The van der Waals surface area contributed by atoms with Crippen molar-refractivity contribution in [3.8, 4) is 0 Å². The van der Waals surface area contributed by atoms with Crippen LogP contribution in [0.5, 0.6) is 0 Å². The lowest BCUT2D eigenvalue weighted by Crippen LogP contribution is -2.29. The average molecular weight is 365 g/mol. The molecular formula is C20H31NO5. The van der Waals surface area contributed by atoms with E-state index in [0.717, 1.165) is 13.1 Å². The van der Waals surface area contributed by atoms with E-state index in [4.69, 9.17) is 9.47 Å². The second-order valence-electron chi connectivity index (χ2n) is 8.23. The first kappa shape index (κ1) is 22.0. The molecule has 1 N–H and O–H groups in total. The first-order chi connectivity index (χ1) is 11.9. The zero-order valence-corrected chi connectivity index (χ0v) is 16.9. The Bertz CT molecular complexity index is 600. The number of carbonyl (C=O) groups excluding carboxylic acids is 2. The van der Waals surface area contributed by atoms with Crippen LogP contribution in [0, 0.1) is 6.92 Å². The lowest BCUT2D eigenvalue weighted by molar-refractivity contribution is -0.0293. The van der Waals surface area contributed by atoms with Crippen molar-refractivity contribution in [3.05, 3.63) is 34.9 Å². The predicted molar refractivity (Wildman–Crippen MR) is 100 cm³/mol. The molecule has 0 saturated carbocycles. The molecule has 1 aliphatic rings. The van der Waals surface area contributed by atoms with E-state index < -0.39 is 23.5 Å². The molecule has 1 aromatic carbocycles. The van der Waals surface area contributed by atoms with Crippen LogP contribution in [0.2, 0.25) is 0 Å². The highest BCUT2D eigenvalue weighted by atomic mass is 16.8. The zero-order valence-electron chi connectivity index (χ0n) is 16.9. The van der Waals surface area contributed by atoms with Crippen molar-refractivity contribution in [1.82, 2.24) is 5.32 Å². The van der Waals surface area contributed by atoms with Gasteiger partial charge in [0, 0.05) is 6.54 Å². The maximum absolute atomic E-state index is 11.0. The third-order valence-corrected chi connectivity index (χ3v) is 3.19. The molecule has 146 valence electrons. The summed E-state index contributed by atoms with van der Waals surface area (Å²) in [4.78, 5) is 22.0. The van der Waals surface area contributed by atoms with Crippen molar-refractivity contribution >= 4 is 12.3 Å². The summed E-state index contributed by atoms with van der Waals surface area (Å²) in [6.07, 6.45) is -0.926. The molecule has 0 saturated heterocycles. The molecule has 6 heteroatoms. The summed E-state index contributed by atoms with van der Waals surface area (Å²) in [7, 11) is 0. The Kier molecular flexibility index (Phi) is 7.63.